The molecule has 1 amide bonds. The summed E-state index contributed by atoms with van der Waals surface area (Å²) in [5, 5.41) is 3.47. The molecule has 1 atom stereocenters. The zero-order valence-electron chi connectivity index (χ0n) is 17.3. The molecule has 3 aromatic rings. The number of thiazole rings is 1. The molecule has 0 saturated carbocycles. The lowest BCUT2D eigenvalue weighted by atomic mass is 10.1. The molecule has 3 rings (SSSR count). The molecule has 1 aromatic heterocycles. The van der Waals surface area contributed by atoms with Gasteiger partial charge in [0.25, 0.3) is 5.91 Å². The van der Waals surface area contributed by atoms with Crippen molar-refractivity contribution in [3.63, 3.8) is 0 Å². The van der Waals surface area contributed by atoms with E-state index in [1.54, 1.807) is 43.5 Å². The minimum absolute atomic E-state index is 0.0169. The van der Waals surface area contributed by atoms with E-state index < -0.39 is 0 Å². The molecule has 5 nitrogen and oxygen atoms in total. The van der Waals surface area contributed by atoms with Crippen LogP contribution in [0.3, 0.4) is 0 Å². The van der Waals surface area contributed by atoms with E-state index in [2.05, 4.69) is 18.8 Å². The Hall–Kier alpha value is -2.57. The SMILES string of the molecule is CCC(C)N(Cc1csc(COc2cccc(Cl)c2)n1)C(=O)c1ccc(OC)cc1. The molecule has 1 unspecified atom stereocenters. The van der Waals surface area contributed by atoms with Gasteiger partial charge in [-0.1, -0.05) is 24.6 Å². The molecule has 0 N–H and O–H groups in total. The van der Waals surface area contributed by atoms with Gasteiger partial charge in [0.05, 0.1) is 19.3 Å². The lowest BCUT2D eigenvalue weighted by molar-refractivity contribution is 0.0669. The molecule has 0 fully saturated rings. The quantitative estimate of drug-likeness (QED) is 0.417. The maximum Gasteiger partial charge on any atom is 0.254 e. The molecule has 0 saturated heterocycles. The Morgan fingerprint density at radius 3 is 2.63 bits per heavy atom. The monoisotopic (exact) mass is 444 g/mol. The molecule has 0 aliphatic heterocycles. The van der Waals surface area contributed by atoms with Gasteiger partial charge >= 0.3 is 0 Å². The summed E-state index contributed by atoms with van der Waals surface area (Å²) in [6.07, 6.45) is 0.858. The third kappa shape index (κ3) is 5.74. The Bertz CT molecular complexity index is 975. The molecule has 158 valence electrons. The van der Waals surface area contributed by atoms with Gasteiger partial charge in [0.1, 0.15) is 23.1 Å². The molecule has 7 heteroatoms. The summed E-state index contributed by atoms with van der Waals surface area (Å²) in [5.41, 5.74) is 1.49. The van der Waals surface area contributed by atoms with Gasteiger partial charge in [0.2, 0.25) is 0 Å². The van der Waals surface area contributed by atoms with Gasteiger partial charge in [-0.15, -0.1) is 11.3 Å². The Labute approximate surface area is 186 Å². The third-order valence-electron chi connectivity index (χ3n) is 4.81. The van der Waals surface area contributed by atoms with Crippen molar-refractivity contribution in [3.05, 3.63) is 75.2 Å². The fraction of sp³-hybridized carbons (Fsp3) is 0.304. The molecule has 0 spiro atoms. The standard InChI is InChI=1S/C23H25ClN2O3S/c1-4-16(2)26(23(27)17-8-10-20(28-3)11-9-17)13-19-15-30-22(25-19)14-29-21-7-5-6-18(24)12-21/h5-12,15-16H,4,13-14H2,1-3H3. The fourth-order valence-corrected chi connectivity index (χ4v) is 3.79. The highest BCUT2D eigenvalue weighted by Crippen LogP contribution is 2.21. The topological polar surface area (TPSA) is 51.7 Å². The lowest BCUT2D eigenvalue weighted by Crippen LogP contribution is -2.37. The van der Waals surface area contributed by atoms with E-state index in [1.807, 2.05) is 22.4 Å². The highest BCUT2D eigenvalue weighted by molar-refractivity contribution is 7.09. The average molecular weight is 445 g/mol. The third-order valence-corrected chi connectivity index (χ3v) is 5.92. The van der Waals surface area contributed by atoms with E-state index in [0.717, 1.165) is 22.9 Å². The Balaban J connectivity index is 1.68. The van der Waals surface area contributed by atoms with Crippen molar-refractivity contribution in [3.8, 4) is 11.5 Å². The molecular formula is C23H25ClN2O3S. The van der Waals surface area contributed by atoms with Crippen LogP contribution in [0.5, 0.6) is 11.5 Å². The molecule has 0 radical (unpaired) electrons. The van der Waals surface area contributed by atoms with E-state index in [-0.39, 0.29) is 11.9 Å². The maximum atomic E-state index is 13.1. The Morgan fingerprint density at radius 1 is 1.20 bits per heavy atom. The van der Waals surface area contributed by atoms with Crippen molar-refractivity contribution in [2.45, 2.75) is 39.5 Å². The number of ether oxygens (including phenoxy) is 2. The second-order valence-corrected chi connectivity index (χ2v) is 8.28. The number of carbonyl (C=O) groups is 1. The molecule has 30 heavy (non-hydrogen) atoms. The van der Waals surface area contributed by atoms with Gasteiger partial charge in [-0.25, -0.2) is 4.98 Å². The highest BCUT2D eigenvalue weighted by Gasteiger charge is 2.22. The number of nitrogens with zero attached hydrogens (tertiary/aromatic N) is 2. The number of halogens is 1. The summed E-state index contributed by atoms with van der Waals surface area (Å²) in [7, 11) is 1.61. The number of amides is 1. The normalized spacial score (nSPS) is 11.7. The van der Waals surface area contributed by atoms with Crippen LogP contribution in [0.4, 0.5) is 0 Å². The van der Waals surface area contributed by atoms with Gasteiger partial charge in [-0.2, -0.15) is 0 Å². The number of methoxy groups -OCH3 is 1. The minimum Gasteiger partial charge on any atom is -0.497 e. The number of benzene rings is 2. The van der Waals surface area contributed by atoms with Crippen LogP contribution < -0.4 is 9.47 Å². The second kappa shape index (κ2) is 10.5. The lowest BCUT2D eigenvalue weighted by Gasteiger charge is -2.28. The molecule has 0 aliphatic rings. The minimum atomic E-state index is -0.0169. The first kappa shape index (κ1) is 22.1. The Kier molecular flexibility index (Phi) is 7.71. The van der Waals surface area contributed by atoms with Crippen LogP contribution in [0.1, 0.15) is 41.3 Å². The molecular weight excluding hydrogens is 420 g/mol. The number of hydrogen-bond acceptors (Lipinski definition) is 5. The molecule has 1 heterocycles. The van der Waals surface area contributed by atoms with Crippen molar-refractivity contribution in [2.24, 2.45) is 0 Å². The number of aromatic nitrogens is 1. The highest BCUT2D eigenvalue weighted by atomic mass is 35.5. The zero-order valence-corrected chi connectivity index (χ0v) is 18.9. The summed E-state index contributed by atoms with van der Waals surface area (Å²) in [5.74, 6) is 1.41. The van der Waals surface area contributed by atoms with Crippen LogP contribution in [0.2, 0.25) is 5.02 Å². The second-order valence-electron chi connectivity index (χ2n) is 6.90. The van der Waals surface area contributed by atoms with Crippen LogP contribution >= 0.6 is 22.9 Å². The van der Waals surface area contributed by atoms with E-state index >= 15 is 0 Å². The van der Waals surface area contributed by atoms with E-state index in [4.69, 9.17) is 21.1 Å². The number of rotatable bonds is 9. The van der Waals surface area contributed by atoms with Crippen LogP contribution in [0.25, 0.3) is 0 Å². The van der Waals surface area contributed by atoms with Crippen molar-refractivity contribution in [1.82, 2.24) is 9.88 Å². The van der Waals surface area contributed by atoms with Gasteiger partial charge in [-0.05, 0) is 55.8 Å². The fourth-order valence-electron chi connectivity index (χ4n) is 2.91. The molecule has 2 aromatic carbocycles. The smallest absolute Gasteiger partial charge is 0.254 e. The Morgan fingerprint density at radius 2 is 1.97 bits per heavy atom. The zero-order chi connectivity index (χ0) is 21.5. The summed E-state index contributed by atoms with van der Waals surface area (Å²) in [6.45, 7) is 4.94. The summed E-state index contributed by atoms with van der Waals surface area (Å²) >= 11 is 7.51. The van der Waals surface area contributed by atoms with Crippen LogP contribution in [0.15, 0.2) is 53.9 Å². The first-order valence-corrected chi connectivity index (χ1v) is 11.0. The number of carbonyl (C=O) groups excluding carboxylic acids is 1. The van der Waals surface area contributed by atoms with Crippen molar-refractivity contribution >= 4 is 28.8 Å². The van der Waals surface area contributed by atoms with Gasteiger partial charge in [-0.3, -0.25) is 4.79 Å². The van der Waals surface area contributed by atoms with Gasteiger partial charge < -0.3 is 14.4 Å². The summed E-state index contributed by atoms with van der Waals surface area (Å²) in [4.78, 5) is 19.6. The summed E-state index contributed by atoms with van der Waals surface area (Å²) in [6, 6.07) is 14.6. The predicted octanol–water partition coefficient (Wildman–Crippen LogP) is 5.83. The predicted molar refractivity (Wildman–Crippen MR) is 121 cm³/mol. The molecule has 0 aliphatic carbocycles. The van der Waals surface area contributed by atoms with E-state index in [1.165, 1.54) is 11.3 Å². The summed E-state index contributed by atoms with van der Waals surface area (Å²) < 4.78 is 11.0. The van der Waals surface area contributed by atoms with Crippen LogP contribution in [-0.2, 0) is 13.2 Å². The van der Waals surface area contributed by atoms with Crippen molar-refractivity contribution < 1.29 is 14.3 Å². The first-order chi connectivity index (χ1) is 14.5. The van der Waals surface area contributed by atoms with Crippen molar-refractivity contribution in [2.75, 3.05) is 7.11 Å². The van der Waals surface area contributed by atoms with Gasteiger partial charge in [0.15, 0.2) is 0 Å². The first-order valence-electron chi connectivity index (χ1n) is 9.76. The maximum absolute atomic E-state index is 13.1. The average Bonchev–Trinajstić information content (AvgIpc) is 3.23. The number of hydrogen-bond donors (Lipinski definition) is 0. The van der Waals surface area contributed by atoms with Crippen LogP contribution in [0, 0.1) is 0 Å². The van der Waals surface area contributed by atoms with Gasteiger partial charge in [0, 0.05) is 22.0 Å². The van der Waals surface area contributed by atoms with Crippen molar-refractivity contribution in [1.29, 1.82) is 0 Å². The van der Waals surface area contributed by atoms with E-state index in [0.29, 0.717) is 29.5 Å². The largest absolute Gasteiger partial charge is 0.497 e. The molecule has 0 bridgehead atoms. The van der Waals surface area contributed by atoms with E-state index in [9.17, 15) is 4.79 Å². The van der Waals surface area contributed by atoms with Crippen LogP contribution in [-0.4, -0.2) is 28.9 Å².